The summed E-state index contributed by atoms with van der Waals surface area (Å²) in [6.45, 7) is 5.37. The average molecular weight is 409 g/mol. The second-order valence-electron chi connectivity index (χ2n) is 6.64. The Morgan fingerprint density at radius 2 is 2.08 bits per heavy atom. The van der Waals surface area contributed by atoms with Crippen molar-refractivity contribution in [2.45, 2.75) is 13.3 Å². The Bertz CT molecular complexity index is 1000. The third-order valence-corrected chi connectivity index (χ3v) is 5.84. The van der Waals surface area contributed by atoms with Crippen LogP contribution in [0, 0.1) is 0 Å². The van der Waals surface area contributed by atoms with E-state index in [1.165, 1.54) is 11.1 Å². The predicted octanol–water partition coefficient (Wildman–Crippen LogP) is 5.27. The van der Waals surface area contributed by atoms with Crippen LogP contribution in [0.25, 0.3) is 16.5 Å². The normalized spacial score (nSPS) is 15.2. The number of carbonyl (C=O) groups is 1. The molecule has 0 amide bonds. The minimum absolute atomic E-state index is 0.0429. The molecule has 0 spiro atoms. The highest BCUT2D eigenvalue weighted by Gasteiger charge is 2.17. The lowest BCUT2D eigenvalue weighted by Gasteiger charge is -2.24. The van der Waals surface area contributed by atoms with E-state index in [1.54, 1.807) is 0 Å². The van der Waals surface area contributed by atoms with Gasteiger partial charge in [-0.15, -0.1) is 0 Å². The summed E-state index contributed by atoms with van der Waals surface area (Å²) in [6, 6.07) is 13.5. The average Bonchev–Trinajstić information content (AvgIpc) is 3.11. The first-order chi connectivity index (χ1) is 12.7. The van der Waals surface area contributed by atoms with E-state index in [1.807, 2.05) is 42.5 Å². The van der Waals surface area contributed by atoms with Crippen LogP contribution in [0.15, 0.2) is 59.2 Å². The molecule has 3 aromatic rings. The summed E-state index contributed by atoms with van der Waals surface area (Å²) in [5, 5.41) is 1.12. The van der Waals surface area contributed by atoms with Crippen LogP contribution in [0.1, 0.15) is 34.8 Å². The van der Waals surface area contributed by atoms with Gasteiger partial charge in [0.1, 0.15) is 0 Å². The molecule has 4 rings (SSSR count). The third-order valence-electron chi connectivity index (χ3n) is 5.15. The molecule has 2 heterocycles. The third kappa shape index (κ3) is 3.15. The van der Waals surface area contributed by atoms with Crippen LogP contribution in [0.2, 0.25) is 0 Å². The zero-order valence-electron chi connectivity index (χ0n) is 14.8. The summed E-state index contributed by atoms with van der Waals surface area (Å²) in [4.78, 5) is 18.7. The summed E-state index contributed by atoms with van der Waals surface area (Å²) in [5.41, 5.74) is 5.07. The molecule has 0 fully saturated rings. The Hall–Kier alpha value is -2.17. The number of hydrogen-bond donors (Lipinski definition) is 1. The van der Waals surface area contributed by atoms with E-state index in [9.17, 15) is 4.79 Å². The topological polar surface area (TPSA) is 36.1 Å². The van der Waals surface area contributed by atoms with Crippen molar-refractivity contribution >= 4 is 38.2 Å². The molecule has 4 heteroatoms. The molecular weight excluding hydrogens is 388 g/mol. The van der Waals surface area contributed by atoms with Crippen molar-refractivity contribution < 1.29 is 4.79 Å². The number of aromatic amines is 1. The first-order valence-corrected chi connectivity index (χ1v) is 9.79. The number of rotatable bonds is 4. The van der Waals surface area contributed by atoms with Gasteiger partial charge in [-0.3, -0.25) is 9.69 Å². The summed E-state index contributed by atoms with van der Waals surface area (Å²) in [7, 11) is 0. The van der Waals surface area contributed by atoms with E-state index < -0.39 is 0 Å². The van der Waals surface area contributed by atoms with Crippen molar-refractivity contribution in [3.63, 3.8) is 0 Å². The fraction of sp³-hybridized carbons (Fsp3) is 0.227. The van der Waals surface area contributed by atoms with Gasteiger partial charge in [0.25, 0.3) is 0 Å². The molecule has 0 saturated carbocycles. The van der Waals surface area contributed by atoms with Gasteiger partial charge in [-0.05, 0) is 48.9 Å². The lowest BCUT2D eigenvalue weighted by Crippen LogP contribution is -2.27. The van der Waals surface area contributed by atoms with Crippen LogP contribution in [0.5, 0.6) is 0 Å². The number of nitrogens with one attached hydrogen (secondary N) is 1. The summed E-state index contributed by atoms with van der Waals surface area (Å²) in [5.74, 6) is 0.0429. The Morgan fingerprint density at radius 3 is 2.81 bits per heavy atom. The molecule has 0 saturated heterocycles. The van der Waals surface area contributed by atoms with Gasteiger partial charge < -0.3 is 4.98 Å². The number of carbonyl (C=O) groups excluding carboxylic acids is 1. The zero-order valence-corrected chi connectivity index (χ0v) is 16.3. The number of likely N-dealkylation sites (N-methyl/N-ethyl adjacent to an activating group) is 1. The van der Waals surface area contributed by atoms with Crippen molar-refractivity contribution in [3.8, 4) is 0 Å². The number of halogens is 1. The molecule has 3 nitrogen and oxygen atoms in total. The van der Waals surface area contributed by atoms with Gasteiger partial charge in [0.15, 0.2) is 5.78 Å². The minimum atomic E-state index is 0.0429. The number of nitrogens with zero attached hydrogens (tertiary/aromatic N) is 1. The molecule has 1 aromatic heterocycles. The van der Waals surface area contributed by atoms with Gasteiger partial charge in [0, 0.05) is 51.4 Å². The van der Waals surface area contributed by atoms with Crippen LogP contribution >= 0.6 is 15.9 Å². The molecule has 0 atom stereocenters. The van der Waals surface area contributed by atoms with Gasteiger partial charge in [-0.1, -0.05) is 41.1 Å². The fourth-order valence-electron chi connectivity index (χ4n) is 3.57. The highest BCUT2D eigenvalue weighted by molar-refractivity contribution is 9.10. The van der Waals surface area contributed by atoms with Crippen molar-refractivity contribution in [1.29, 1.82) is 0 Å². The SMILES string of the molecule is CCN1CC=C(c2c[nH]c3ccc(C(=O)c4ccccc4Br)cc23)CC1. The monoisotopic (exact) mass is 408 g/mol. The predicted molar refractivity (Wildman–Crippen MR) is 111 cm³/mol. The van der Waals surface area contributed by atoms with Gasteiger partial charge >= 0.3 is 0 Å². The molecule has 26 heavy (non-hydrogen) atoms. The lowest BCUT2D eigenvalue weighted by molar-refractivity contribution is 0.103. The standard InChI is InChI=1S/C22H21BrN2O/c1-2-25-11-9-15(10-12-25)19-14-24-21-8-7-16(13-18(19)21)22(26)17-5-3-4-6-20(17)23/h3-9,13-14,24H,2,10-12H2,1H3. The zero-order chi connectivity index (χ0) is 18.1. The molecule has 0 unspecified atom stereocenters. The van der Waals surface area contributed by atoms with Gasteiger partial charge in [-0.2, -0.15) is 0 Å². The first kappa shape index (κ1) is 17.3. The van der Waals surface area contributed by atoms with Crippen LogP contribution in [0.3, 0.4) is 0 Å². The number of hydrogen-bond acceptors (Lipinski definition) is 2. The van der Waals surface area contributed by atoms with Gasteiger partial charge in [0.2, 0.25) is 0 Å². The van der Waals surface area contributed by atoms with E-state index in [0.717, 1.165) is 47.0 Å². The van der Waals surface area contributed by atoms with Crippen molar-refractivity contribution in [2.24, 2.45) is 0 Å². The quantitative estimate of drug-likeness (QED) is 0.596. The van der Waals surface area contributed by atoms with E-state index in [-0.39, 0.29) is 5.78 Å². The molecular formula is C22H21BrN2O. The minimum Gasteiger partial charge on any atom is -0.361 e. The molecule has 1 aliphatic rings. The largest absolute Gasteiger partial charge is 0.361 e. The number of ketones is 1. The maximum atomic E-state index is 12.9. The first-order valence-electron chi connectivity index (χ1n) is 8.99. The second-order valence-corrected chi connectivity index (χ2v) is 7.50. The van der Waals surface area contributed by atoms with E-state index >= 15 is 0 Å². The smallest absolute Gasteiger partial charge is 0.194 e. The molecule has 0 aliphatic carbocycles. The fourth-order valence-corrected chi connectivity index (χ4v) is 4.04. The van der Waals surface area contributed by atoms with Crippen molar-refractivity contribution in [2.75, 3.05) is 19.6 Å². The summed E-state index contributed by atoms with van der Waals surface area (Å²) < 4.78 is 0.828. The van der Waals surface area contributed by atoms with E-state index in [0.29, 0.717) is 5.56 Å². The van der Waals surface area contributed by atoms with Gasteiger partial charge in [0.05, 0.1) is 0 Å². The number of aromatic nitrogens is 1. The number of H-pyrrole nitrogens is 1. The van der Waals surface area contributed by atoms with E-state index in [4.69, 9.17) is 0 Å². The second kappa shape index (κ2) is 7.22. The highest BCUT2D eigenvalue weighted by Crippen LogP contribution is 2.31. The molecule has 0 bridgehead atoms. The van der Waals surface area contributed by atoms with Crippen LogP contribution in [0.4, 0.5) is 0 Å². The Labute approximate surface area is 161 Å². The van der Waals surface area contributed by atoms with Crippen LogP contribution in [-0.2, 0) is 0 Å². The van der Waals surface area contributed by atoms with Crippen molar-refractivity contribution in [3.05, 3.63) is 75.9 Å². The summed E-state index contributed by atoms with van der Waals surface area (Å²) >= 11 is 3.49. The lowest BCUT2D eigenvalue weighted by atomic mass is 9.96. The number of benzene rings is 2. The summed E-state index contributed by atoms with van der Waals surface area (Å²) in [6.07, 6.45) is 5.44. The Kier molecular flexibility index (Phi) is 4.79. The van der Waals surface area contributed by atoms with Gasteiger partial charge in [-0.25, -0.2) is 0 Å². The maximum Gasteiger partial charge on any atom is 0.194 e. The van der Waals surface area contributed by atoms with Crippen molar-refractivity contribution in [1.82, 2.24) is 9.88 Å². The molecule has 2 aromatic carbocycles. The number of fused-ring (bicyclic) bond motifs is 1. The van der Waals surface area contributed by atoms with Crippen LogP contribution in [-0.4, -0.2) is 35.3 Å². The highest BCUT2D eigenvalue weighted by atomic mass is 79.9. The van der Waals surface area contributed by atoms with Crippen LogP contribution < -0.4 is 0 Å². The maximum absolute atomic E-state index is 12.9. The Balaban J connectivity index is 1.73. The molecule has 1 N–H and O–H groups in total. The Morgan fingerprint density at radius 1 is 1.23 bits per heavy atom. The molecule has 1 aliphatic heterocycles. The molecule has 0 radical (unpaired) electrons. The van der Waals surface area contributed by atoms with E-state index in [2.05, 4.69) is 45.0 Å². The molecule has 132 valence electrons.